The van der Waals surface area contributed by atoms with Crippen molar-refractivity contribution in [2.24, 2.45) is 11.8 Å². The van der Waals surface area contributed by atoms with Gasteiger partial charge in [-0.1, -0.05) is 27.7 Å². The van der Waals surface area contributed by atoms with E-state index in [9.17, 15) is 9.59 Å². The van der Waals surface area contributed by atoms with Gasteiger partial charge in [0.2, 0.25) is 0 Å². The summed E-state index contributed by atoms with van der Waals surface area (Å²) in [6, 6.07) is -1.25. The summed E-state index contributed by atoms with van der Waals surface area (Å²) in [5.74, 6) is -0.676. The zero-order valence-electron chi connectivity index (χ0n) is 13.2. The van der Waals surface area contributed by atoms with Gasteiger partial charge in [-0.05, 0) is 17.2 Å². The third-order valence-electron chi connectivity index (χ3n) is 3.26. The number of carboxylic acid groups (broad SMARTS) is 1. The van der Waals surface area contributed by atoms with Crippen molar-refractivity contribution in [3.05, 3.63) is 11.1 Å². The van der Waals surface area contributed by atoms with Crippen molar-refractivity contribution in [3.63, 3.8) is 0 Å². The van der Waals surface area contributed by atoms with Crippen molar-refractivity contribution in [2.75, 3.05) is 13.6 Å². The van der Waals surface area contributed by atoms with E-state index < -0.39 is 12.0 Å². The summed E-state index contributed by atoms with van der Waals surface area (Å²) in [6.45, 7) is 8.25. The first-order chi connectivity index (χ1) is 9.72. The zero-order chi connectivity index (χ0) is 16.2. The molecular weight excluding hydrogens is 290 g/mol. The van der Waals surface area contributed by atoms with Crippen molar-refractivity contribution in [2.45, 2.75) is 39.1 Å². The maximum absolute atomic E-state index is 12.1. The standard InChI is InChI=1S/C14H25N3O3S/c1-8(2)11(13(18)19)16-14(20)17(5)6-10-7-21-12(15-10)9(3)4/h7-9,11-12,15H,6H2,1-5H3,(H,16,20)(H,18,19)/t11-,12?/m0/s1. The van der Waals surface area contributed by atoms with Crippen molar-refractivity contribution in [1.29, 1.82) is 0 Å². The van der Waals surface area contributed by atoms with E-state index in [2.05, 4.69) is 24.5 Å². The molecule has 1 aliphatic heterocycles. The first-order valence-corrected chi connectivity index (χ1v) is 8.02. The molecule has 7 heteroatoms. The molecule has 0 aromatic carbocycles. The van der Waals surface area contributed by atoms with E-state index in [1.807, 2.05) is 5.41 Å². The fraction of sp³-hybridized carbons (Fsp3) is 0.714. The molecule has 1 aliphatic rings. The molecule has 0 bridgehead atoms. The van der Waals surface area contributed by atoms with E-state index in [0.717, 1.165) is 5.70 Å². The van der Waals surface area contributed by atoms with Crippen molar-refractivity contribution in [3.8, 4) is 0 Å². The lowest BCUT2D eigenvalue weighted by atomic mass is 10.1. The molecule has 0 aromatic rings. The first-order valence-electron chi connectivity index (χ1n) is 7.07. The monoisotopic (exact) mass is 315 g/mol. The highest BCUT2D eigenvalue weighted by Gasteiger charge is 2.26. The number of carbonyl (C=O) groups excluding carboxylic acids is 1. The molecule has 1 rings (SSSR count). The Labute approximate surface area is 130 Å². The molecule has 3 N–H and O–H groups in total. The molecule has 120 valence electrons. The maximum atomic E-state index is 12.1. The lowest BCUT2D eigenvalue weighted by Gasteiger charge is -2.24. The molecule has 21 heavy (non-hydrogen) atoms. The molecule has 0 aromatic heterocycles. The minimum absolute atomic E-state index is 0.162. The summed E-state index contributed by atoms with van der Waals surface area (Å²) < 4.78 is 0. The highest BCUT2D eigenvalue weighted by molar-refractivity contribution is 8.02. The Morgan fingerprint density at radius 3 is 2.48 bits per heavy atom. The smallest absolute Gasteiger partial charge is 0.326 e. The third kappa shape index (κ3) is 5.15. The van der Waals surface area contributed by atoms with Crippen LogP contribution in [-0.2, 0) is 4.79 Å². The second kappa shape index (κ2) is 7.59. The predicted octanol–water partition coefficient (Wildman–Crippen LogP) is 1.90. The third-order valence-corrected chi connectivity index (χ3v) is 4.63. The van der Waals surface area contributed by atoms with Crippen LogP contribution in [0.1, 0.15) is 27.7 Å². The summed E-state index contributed by atoms with van der Waals surface area (Å²) in [5, 5.41) is 17.4. The Bertz CT molecular complexity index is 424. The van der Waals surface area contributed by atoms with Crippen LogP contribution in [0.4, 0.5) is 4.79 Å². The number of hydrogen-bond donors (Lipinski definition) is 3. The van der Waals surface area contributed by atoms with Gasteiger partial charge >= 0.3 is 12.0 Å². The molecule has 2 amide bonds. The van der Waals surface area contributed by atoms with Gasteiger partial charge in [0.05, 0.1) is 11.9 Å². The number of likely N-dealkylation sites (N-methyl/N-ethyl adjacent to an activating group) is 1. The van der Waals surface area contributed by atoms with Crippen molar-refractivity contribution >= 4 is 23.8 Å². The molecule has 2 atom stereocenters. The average molecular weight is 315 g/mol. The van der Waals surface area contributed by atoms with Crippen LogP contribution in [0.5, 0.6) is 0 Å². The quantitative estimate of drug-likeness (QED) is 0.697. The number of thioether (sulfide) groups is 1. The van der Waals surface area contributed by atoms with Crippen LogP contribution in [0, 0.1) is 11.8 Å². The van der Waals surface area contributed by atoms with Gasteiger partial charge in [0.1, 0.15) is 6.04 Å². The molecule has 1 heterocycles. The number of amides is 2. The molecule has 0 saturated heterocycles. The van der Waals surface area contributed by atoms with Gasteiger partial charge in [-0.15, -0.1) is 11.8 Å². The molecule has 0 fully saturated rings. The molecule has 0 aliphatic carbocycles. The van der Waals surface area contributed by atoms with Gasteiger partial charge in [-0.3, -0.25) is 0 Å². The van der Waals surface area contributed by atoms with E-state index in [0.29, 0.717) is 17.8 Å². The number of carboxylic acids is 1. The number of hydrogen-bond acceptors (Lipinski definition) is 4. The second-order valence-electron chi connectivity index (χ2n) is 5.95. The topological polar surface area (TPSA) is 81.7 Å². The number of aliphatic carboxylic acids is 1. The highest BCUT2D eigenvalue weighted by Crippen LogP contribution is 2.26. The zero-order valence-corrected chi connectivity index (χ0v) is 14.0. The Kier molecular flexibility index (Phi) is 6.39. The predicted molar refractivity (Wildman–Crippen MR) is 84.9 cm³/mol. The Morgan fingerprint density at radius 2 is 2.05 bits per heavy atom. The van der Waals surface area contributed by atoms with Crippen LogP contribution < -0.4 is 10.6 Å². The lowest BCUT2D eigenvalue weighted by molar-refractivity contribution is -0.140. The van der Waals surface area contributed by atoms with E-state index >= 15 is 0 Å². The fourth-order valence-corrected chi connectivity index (χ4v) is 2.88. The number of nitrogens with one attached hydrogen (secondary N) is 2. The van der Waals surface area contributed by atoms with Gasteiger partial charge in [0.15, 0.2) is 0 Å². The lowest BCUT2D eigenvalue weighted by Crippen LogP contribution is -2.49. The number of carbonyl (C=O) groups is 2. The van der Waals surface area contributed by atoms with Gasteiger partial charge in [0, 0.05) is 12.7 Å². The van der Waals surface area contributed by atoms with Crippen LogP contribution >= 0.6 is 11.8 Å². The SMILES string of the molecule is CC(C)C1NC(CN(C)C(=O)N[C@H](C(=O)O)C(C)C)=CS1. The molecular formula is C14H25N3O3S. The Hall–Kier alpha value is -1.37. The van der Waals surface area contributed by atoms with Gasteiger partial charge < -0.3 is 20.6 Å². The average Bonchev–Trinajstić information content (AvgIpc) is 2.83. The fourth-order valence-electron chi connectivity index (χ4n) is 1.90. The van der Waals surface area contributed by atoms with Gasteiger partial charge in [-0.25, -0.2) is 9.59 Å². The van der Waals surface area contributed by atoms with Crippen LogP contribution in [0.3, 0.4) is 0 Å². The van der Waals surface area contributed by atoms with Gasteiger partial charge in [-0.2, -0.15) is 0 Å². The van der Waals surface area contributed by atoms with Crippen LogP contribution in [0.2, 0.25) is 0 Å². The number of urea groups is 1. The molecule has 0 spiro atoms. The van der Waals surface area contributed by atoms with Crippen molar-refractivity contribution in [1.82, 2.24) is 15.5 Å². The molecule has 0 saturated carbocycles. The number of nitrogens with zero attached hydrogens (tertiary/aromatic N) is 1. The summed E-state index contributed by atoms with van der Waals surface area (Å²) >= 11 is 1.71. The highest BCUT2D eigenvalue weighted by atomic mass is 32.2. The summed E-state index contributed by atoms with van der Waals surface area (Å²) in [7, 11) is 1.66. The van der Waals surface area contributed by atoms with Crippen LogP contribution in [0.25, 0.3) is 0 Å². The van der Waals surface area contributed by atoms with E-state index in [4.69, 9.17) is 5.11 Å². The summed E-state index contributed by atoms with van der Waals surface area (Å²) in [5.41, 5.74) is 0.979. The van der Waals surface area contributed by atoms with E-state index in [1.165, 1.54) is 4.90 Å². The molecule has 1 unspecified atom stereocenters. The number of rotatable bonds is 6. The second-order valence-corrected chi connectivity index (χ2v) is 6.97. The minimum atomic E-state index is -1.01. The molecule has 6 nitrogen and oxygen atoms in total. The largest absolute Gasteiger partial charge is 0.480 e. The van der Waals surface area contributed by atoms with E-state index in [-0.39, 0.29) is 11.9 Å². The maximum Gasteiger partial charge on any atom is 0.326 e. The van der Waals surface area contributed by atoms with Crippen molar-refractivity contribution < 1.29 is 14.7 Å². The first kappa shape index (κ1) is 17.7. The normalized spacial score (nSPS) is 19.2. The Balaban J connectivity index is 2.50. The molecule has 0 radical (unpaired) electrons. The summed E-state index contributed by atoms with van der Waals surface area (Å²) in [4.78, 5) is 24.6. The summed E-state index contributed by atoms with van der Waals surface area (Å²) in [6.07, 6.45) is 0. The minimum Gasteiger partial charge on any atom is -0.480 e. The van der Waals surface area contributed by atoms with Crippen LogP contribution in [0.15, 0.2) is 11.1 Å². The van der Waals surface area contributed by atoms with E-state index in [1.54, 1.807) is 32.7 Å². The van der Waals surface area contributed by atoms with Crippen LogP contribution in [-0.4, -0.2) is 47.0 Å². The Morgan fingerprint density at radius 1 is 1.43 bits per heavy atom. The van der Waals surface area contributed by atoms with Gasteiger partial charge in [0.25, 0.3) is 0 Å².